The molecule has 0 amide bonds. The summed E-state index contributed by atoms with van der Waals surface area (Å²) in [5.41, 5.74) is 0.859. The largest absolute Gasteiger partial charge is 0.319 e. The first-order chi connectivity index (χ1) is 8.13. The zero-order valence-electron chi connectivity index (χ0n) is 9.31. The minimum Gasteiger partial charge on any atom is -0.319 e. The highest BCUT2D eigenvalue weighted by Crippen LogP contribution is 2.41. The number of aromatic nitrogens is 2. The van der Waals surface area contributed by atoms with E-state index >= 15 is 0 Å². The van der Waals surface area contributed by atoms with Crippen LogP contribution in [0.3, 0.4) is 0 Å². The number of nitrogens with zero attached hydrogens (tertiary/aromatic N) is 2. The average molecular weight is 311 g/mol. The monoisotopic (exact) mass is 310 g/mol. The van der Waals surface area contributed by atoms with Gasteiger partial charge in [-0.15, -0.1) is 0 Å². The Morgan fingerprint density at radius 2 is 2.29 bits per heavy atom. The molecule has 0 radical (unpaired) electrons. The minimum absolute atomic E-state index is 0.0799. The van der Waals surface area contributed by atoms with Crippen molar-refractivity contribution in [2.75, 3.05) is 5.33 Å². The molecule has 1 atom stereocenters. The van der Waals surface area contributed by atoms with Gasteiger partial charge in [0.2, 0.25) is 0 Å². The molecule has 0 spiro atoms. The Morgan fingerprint density at radius 3 is 3.06 bits per heavy atom. The molecule has 3 rings (SSSR count). The molecule has 0 saturated heterocycles. The predicted molar refractivity (Wildman–Crippen MR) is 74.1 cm³/mol. The summed E-state index contributed by atoms with van der Waals surface area (Å²) in [5.74, 6) is 0. The van der Waals surface area contributed by atoms with Gasteiger partial charge in [0.15, 0.2) is 5.16 Å². The van der Waals surface area contributed by atoms with E-state index in [1.54, 1.807) is 11.8 Å². The first-order valence-electron chi connectivity index (χ1n) is 5.37. The van der Waals surface area contributed by atoms with Crippen molar-refractivity contribution in [3.05, 3.63) is 34.6 Å². The molecule has 1 unspecified atom stereocenters. The first kappa shape index (κ1) is 11.3. The van der Waals surface area contributed by atoms with Crippen LogP contribution in [-0.4, -0.2) is 19.6 Å². The maximum atomic E-state index is 11.9. The number of fused-ring (bicyclic) bond motifs is 3. The maximum absolute atomic E-state index is 11.9. The van der Waals surface area contributed by atoms with Gasteiger partial charge in [0.05, 0.1) is 10.9 Å². The quantitative estimate of drug-likeness (QED) is 0.600. The summed E-state index contributed by atoms with van der Waals surface area (Å²) in [7, 11) is 0. The normalized spacial score (nSPS) is 22.9. The van der Waals surface area contributed by atoms with Crippen molar-refractivity contribution in [1.29, 1.82) is 0 Å². The van der Waals surface area contributed by atoms with Crippen molar-refractivity contribution in [3.63, 3.8) is 0 Å². The van der Waals surface area contributed by atoms with Gasteiger partial charge < -0.3 is 4.57 Å². The lowest BCUT2D eigenvalue weighted by atomic mass is 10.2. The topological polar surface area (TPSA) is 34.9 Å². The first-order valence-corrected chi connectivity index (χ1v) is 7.31. The highest BCUT2D eigenvalue weighted by atomic mass is 79.9. The summed E-state index contributed by atoms with van der Waals surface area (Å²) in [5, 5.41) is 2.42. The van der Waals surface area contributed by atoms with Gasteiger partial charge in [0.1, 0.15) is 0 Å². The molecular formula is C12H11BrN2OS. The van der Waals surface area contributed by atoms with Gasteiger partial charge in [0.25, 0.3) is 5.56 Å². The van der Waals surface area contributed by atoms with Crippen LogP contribution in [-0.2, 0) is 6.54 Å². The Balaban J connectivity index is 2.30. The van der Waals surface area contributed by atoms with Crippen LogP contribution in [0.25, 0.3) is 10.9 Å². The molecule has 0 bridgehead atoms. The van der Waals surface area contributed by atoms with Crippen LogP contribution in [0.1, 0.15) is 6.92 Å². The second-order valence-electron chi connectivity index (χ2n) is 4.49. The molecule has 0 N–H and O–H groups in total. The third-order valence-electron chi connectivity index (χ3n) is 2.97. The van der Waals surface area contributed by atoms with E-state index in [1.165, 1.54) is 0 Å². The van der Waals surface area contributed by atoms with Gasteiger partial charge in [0, 0.05) is 16.6 Å². The number of halogens is 1. The third kappa shape index (κ3) is 1.72. The number of benzene rings is 1. The van der Waals surface area contributed by atoms with Crippen molar-refractivity contribution in [2.24, 2.45) is 0 Å². The second kappa shape index (κ2) is 3.85. The molecule has 1 aliphatic heterocycles. The Labute approximate surface area is 111 Å². The molecule has 88 valence electrons. The summed E-state index contributed by atoms with van der Waals surface area (Å²) >= 11 is 5.21. The summed E-state index contributed by atoms with van der Waals surface area (Å²) in [4.78, 5) is 16.1. The van der Waals surface area contributed by atoms with E-state index in [0.717, 1.165) is 22.5 Å². The molecule has 2 aromatic rings. The number of hydrogen-bond acceptors (Lipinski definition) is 3. The highest BCUT2D eigenvalue weighted by molar-refractivity contribution is 9.09. The van der Waals surface area contributed by atoms with Crippen molar-refractivity contribution in [3.8, 4) is 0 Å². The van der Waals surface area contributed by atoms with E-state index in [0.29, 0.717) is 5.39 Å². The van der Waals surface area contributed by atoms with Crippen molar-refractivity contribution in [1.82, 2.24) is 9.55 Å². The fourth-order valence-corrected chi connectivity index (χ4v) is 3.70. The Morgan fingerprint density at radius 1 is 1.53 bits per heavy atom. The second-order valence-corrected chi connectivity index (χ2v) is 6.60. The fourth-order valence-electron chi connectivity index (χ4n) is 2.09. The van der Waals surface area contributed by atoms with E-state index in [1.807, 2.05) is 24.3 Å². The zero-order chi connectivity index (χ0) is 12.0. The van der Waals surface area contributed by atoms with Crippen LogP contribution in [0.2, 0.25) is 0 Å². The molecule has 1 aromatic carbocycles. The molecule has 0 aliphatic carbocycles. The molecule has 0 saturated carbocycles. The van der Waals surface area contributed by atoms with Gasteiger partial charge in [-0.2, -0.15) is 4.98 Å². The summed E-state index contributed by atoms with van der Waals surface area (Å²) in [6.07, 6.45) is 0. The van der Waals surface area contributed by atoms with Gasteiger partial charge in [-0.3, -0.25) is 4.79 Å². The molecule has 0 fully saturated rings. The molecule has 2 heterocycles. The van der Waals surface area contributed by atoms with Crippen LogP contribution in [0.5, 0.6) is 0 Å². The predicted octanol–water partition coefficient (Wildman–Crippen LogP) is 2.66. The number of hydrogen-bond donors (Lipinski definition) is 0. The minimum atomic E-state index is -0.127. The van der Waals surface area contributed by atoms with Crippen LogP contribution in [0, 0.1) is 0 Å². The molecule has 17 heavy (non-hydrogen) atoms. The van der Waals surface area contributed by atoms with Gasteiger partial charge >= 0.3 is 0 Å². The highest BCUT2D eigenvalue weighted by Gasteiger charge is 2.34. The molecule has 1 aromatic heterocycles. The van der Waals surface area contributed by atoms with Gasteiger partial charge in [-0.05, 0) is 19.1 Å². The van der Waals surface area contributed by atoms with E-state index < -0.39 is 0 Å². The lowest BCUT2D eigenvalue weighted by Gasteiger charge is -2.17. The summed E-state index contributed by atoms with van der Waals surface area (Å²) in [6.45, 7) is 3.06. The smallest absolute Gasteiger partial charge is 0.281 e. The number of para-hydroxylation sites is 1. The number of rotatable bonds is 1. The van der Waals surface area contributed by atoms with Crippen molar-refractivity contribution in [2.45, 2.75) is 23.4 Å². The van der Waals surface area contributed by atoms with Crippen molar-refractivity contribution < 1.29 is 0 Å². The van der Waals surface area contributed by atoms with Gasteiger partial charge in [-0.1, -0.05) is 39.8 Å². The standard InChI is InChI=1S/C12H11BrN2OS/c1-12(6-13)7-15-9-5-3-2-4-8(9)10(16)14-11(15)17-12/h2-5H,6-7H2,1H3. The zero-order valence-corrected chi connectivity index (χ0v) is 11.7. The van der Waals surface area contributed by atoms with E-state index in [-0.39, 0.29) is 10.3 Å². The van der Waals surface area contributed by atoms with Gasteiger partial charge in [-0.25, -0.2) is 0 Å². The summed E-state index contributed by atoms with van der Waals surface area (Å²) < 4.78 is 2.22. The van der Waals surface area contributed by atoms with Crippen molar-refractivity contribution >= 4 is 38.6 Å². The lowest BCUT2D eigenvalue weighted by molar-refractivity contribution is 0.580. The molecular weight excluding hydrogens is 300 g/mol. The van der Waals surface area contributed by atoms with E-state index in [9.17, 15) is 4.79 Å². The summed E-state index contributed by atoms with van der Waals surface area (Å²) in [6, 6.07) is 7.67. The number of alkyl halides is 1. The van der Waals surface area contributed by atoms with Crippen LogP contribution >= 0.6 is 27.7 Å². The molecule has 1 aliphatic rings. The third-order valence-corrected chi connectivity index (χ3v) is 5.84. The van der Waals surface area contributed by atoms with Crippen LogP contribution < -0.4 is 5.56 Å². The van der Waals surface area contributed by atoms with E-state index in [4.69, 9.17) is 0 Å². The Kier molecular flexibility index (Phi) is 2.56. The van der Waals surface area contributed by atoms with E-state index in [2.05, 4.69) is 32.4 Å². The number of thioether (sulfide) groups is 1. The Hall–Kier alpha value is -0.810. The molecule has 3 nitrogen and oxygen atoms in total. The van der Waals surface area contributed by atoms with Crippen LogP contribution in [0.4, 0.5) is 0 Å². The fraction of sp³-hybridized carbons (Fsp3) is 0.333. The Bertz CT molecular complexity index is 654. The van der Waals surface area contributed by atoms with Crippen LogP contribution in [0.15, 0.2) is 34.2 Å². The average Bonchev–Trinajstić information content (AvgIpc) is 2.67. The lowest BCUT2D eigenvalue weighted by Crippen LogP contribution is -2.23. The molecule has 5 heteroatoms. The maximum Gasteiger partial charge on any atom is 0.281 e. The SMILES string of the molecule is CC1(CBr)Cn2c(nc(=O)c3ccccc32)S1.